The SMILES string of the molecule is CCOc1ccnc(NC(CC(=O)O)CC(C)(C)C)n1. The van der Waals surface area contributed by atoms with Gasteiger partial charge in [-0.3, -0.25) is 4.79 Å². The van der Waals surface area contributed by atoms with Gasteiger partial charge in [0.15, 0.2) is 0 Å². The van der Waals surface area contributed by atoms with Gasteiger partial charge >= 0.3 is 5.97 Å². The number of nitrogens with zero attached hydrogens (tertiary/aromatic N) is 2. The zero-order chi connectivity index (χ0) is 15.2. The predicted molar refractivity (Wildman–Crippen MR) is 76.9 cm³/mol. The van der Waals surface area contributed by atoms with Crippen molar-refractivity contribution < 1.29 is 14.6 Å². The van der Waals surface area contributed by atoms with Crippen LogP contribution in [0.2, 0.25) is 0 Å². The number of nitrogens with one attached hydrogen (secondary N) is 1. The molecule has 0 bridgehead atoms. The molecule has 2 N–H and O–H groups in total. The van der Waals surface area contributed by atoms with Gasteiger partial charge in [0, 0.05) is 18.3 Å². The van der Waals surface area contributed by atoms with Crippen LogP contribution < -0.4 is 10.1 Å². The fourth-order valence-electron chi connectivity index (χ4n) is 1.95. The van der Waals surface area contributed by atoms with Crippen molar-refractivity contribution >= 4 is 11.9 Å². The molecule has 0 aliphatic carbocycles. The Bertz CT molecular complexity index is 444. The van der Waals surface area contributed by atoms with Crippen LogP contribution in [0.25, 0.3) is 0 Å². The Morgan fingerprint density at radius 1 is 1.50 bits per heavy atom. The second kappa shape index (κ2) is 7.07. The number of aliphatic carboxylic acids is 1. The monoisotopic (exact) mass is 281 g/mol. The number of aromatic nitrogens is 2. The number of hydrogen-bond acceptors (Lipinski definition) is 5. The lowest BCUT2D eigenvalue weighted by atomic mass is 9.87. The summed E-state index contributed by atoms with van der Waals surface area (Å²) >= 11 is 0. The molecule has 0 aliphatic rings. The van der Waals surface area contributed by atoms with E-state index in [0.29, 0.717) is 24.9 Å². The number of hydrogen-bond donors (Lipinski definition) is 2. The maximum atomic E-state index is 10.9. The topological polar surface area (TPSA) is 84.3 Å². The molecule has 0 amide bonds. The number of carboxylic acid groups (broad SMARTS) is 1. The average molecular weight is 281 g/mol. The number of carbonyl (C=O) groups is 1. The first-order valence-electron chi connectivity index (χ1n) is 6.74. The van der Waals surface area contributed by atoms with Crippen LogP contribution in [0.4, 0.5) is 5.95 Å². The molecule has 1 heterocycles. The Balaban J connectivity index is 2.77. The molecule has 0 fully saturated rings. The second-order valence-corrected chi connectivity index (χ2v) is 5.86. The normalized spacial score (nSPS) is 12.8. The zero-order valence-corrected chi connectivity index (χ0v) is 12.5. The van der Waals surface area contributed by atoms with Crippen molar-refractivity contribution in [2.45, 2.75) is 46.6 Å². The largest absolute Gasteiger partial charge is 0.481 e. The average Bonchev–Trinajstić information content (AvgIpc) is 2.26. The fraction of sp³-hybridized carbons (Fsp3) is 0.643. The maximum absolute atomic E-state index is 10.9. The van der Waals surface area contributed by atoms with Gasteiger partial charge in [0.25, 0.3) is 0 Å². The summed E-state index contributed by atoms with van der Waals surface area (Å²) in [5, 5.41) is 12.1. The highest BCUT2D eigenvalue weighted by Crippen LogP contribution is 2.24. The van der Waals surface area contributed by atoms with Crippen molar-refractivity contribution in [2.24, 2.45) is 5.41 Å². The first kappa shape index (κ1) is 16.2. The van der Waals surface area contributed by atoms with Crippen molar-refractivity contribution in [3.8, 4) is 5.88 Å². The molecule has 0 aliphatic heterocycles. The molecule has 0 saturated heterocycles. The van der Waals surface area contributed by atoms with Crippen LogP contribution in [-0.2, 0) is 4.79 Å². The van der Waals surface area contributed by atoms with Crippen LogP contribution in [0.5, 0.6) is 5.88 Å². The summed E-state index contributed by atoms with van der Waals surface area (Å²) in [5.74, 6) is 0.0361. The third kappa shape index (κ3) is 6.36. The molecule has 1 aromatic rings. The molecule has 20 heavy (non-hydrogen) atoms. The van der Waals surface area contributed by atoms with Gasteiger partial charge in [0.05, 0.1) is 13.0 Å². The standard InChI is InChI=1S/C14H23N3O3/c1-5-20-11-6-7-15-13(17-11)16-10(8-12(18)19)9-14(2,3)4/h6-7,10H,5,8-9H2,1-4H3,(H,18,19)(H,15,16,17). The Morgan fingerprint density at radius 2 is 2.20 bits per heavy atom. The molecule has 1 unspecified atom stereocenters. The van der Waals surface area contributed by atoms with Crippen LogP contribution in [0.1, 0.15) is 40.5 Å². The first-order valence-corrected chi connectivity index (χ1v) is 6.74. The van der Waals surface area contributed by atoms with Crippen molar-refractivity contribution in [3.05, 3.63) is 12.3 Å². The Labute approximate surface area is 119 Å². The lowest BCUT2D eigenvalue weighted by Gasteiger charge is -2.25. The minimum absolute atomic E-state index is 0.0185. The lowest BCUT2D eigenvalue weighted by Crippen LogP contribution is -2.29. The third-order valence-corrected chi connectivity index (χ3v) is 2.54. The van der Waals surface area contributed by atoms with E-state index in [0.717, 1.165) is 0 Å². The van der Waals surface area contributed by atoms with Gasteiger partial charge in [0.2, 0.25) is 11.8 Å². The van der Waals surface area contributed by atoms with Gasteiger partial charge in [0.1, 0.15) is 0 Å². The summed E-state index contributed by atoms with van der Waals surface area (Å²) in [5.41, 5.74) is 0.0185. The summed E-state index contributed by atoms with van der Waals surface area (Å²) in [6.07, 6.45) is 2.33. The third-order valence-electron chi connectivity index (χ3n) is 2.54. The highest BCUT2D eigenvalue weighted by Gasteiger charge is 2.22. The van der Waals surface area contributed by atoms with E-state index >= 15 is 0 Å². The highest BCUT2D eigenvalue weighted by molar-refractivity contribution is 5.68. The van der Waals surface area contributed by atoms with Gasteiger partial charge in [-0.1, -0.05) is 20.8 Å². The minimum Gasteiger partial charge on any atom is -0.481 e. The van der Waals surface area contributed by atoms with Crippen molar-refractivity contribution in [1.29, 1.82) is 0 Å². The molecule has 0 saturated carbocycles. The maximum Gasteiger partial charge on any atom is 0.305 e. The van der Waals surface area contributed by atoms with E-state index in [-0.39, 0.29) is 17.9 Å². The molecule has 6 nitrogen and oxygen atoms in total. The van der Waals surface area contributed by atoms with Crippen LogP contribution in [0, 0.1) is 5.41 Å². The van der Waals surface area contributed by atoms with Crippen LogP contribution in [0.3, 0.4) is 0 Å². The van der Waals surface area contributed by atoms with E-state index in [4.69, 9.17) is 9.84 Å². The van der Waals surface area contributed by atoms with Gasteiger partial charge < -0.3 is 15.2 Å². The number of rotatable bonds is 7. The van der Waals surface area contributed by atoms with E-state index in [2.05, 4.69) is 36.1 Å². The molecule has 6 heteroatoms. The van der Waals surface area contributed by atoms with E-state index in [1.807, 2.05) is 6.92 Å². The highest BCUT2D eigenvalue weighted by atomic mass is 16.5. The Hall–Kier alpha value is -1.85. The molecular formula is C14H23N3O3. The molecule has 0 aromatic carbocycles. The van der Waals surface area contributed by atoms with E-state index in [9.17, 15) is 4.79 Å². The summed E-state index contributed by atoms with van der Waals surface area (Å²) in [7, 11) is 0. The zero-order valence-electron chi connectivity index (χ0n) is 12.5. The van der Waals surface area contributed by atoms with Crippen molar-refractivity contribution in [1.82, 2.24) is 9.97 Å². The van der Waals surface area contributed by atoms with Crippen LogP contribution in [-0.4, -0.2) is 33.7 Å². The molecule has 0 spiro atoms. The first-order chi connectivity index (χ1) is 9.30. The molecule has 1 rings (SSSR count). The predicted octanol–water partition coefficient (Wildman–Crippen LogP) is 2.57. The molecular weight excluding hydrogens is 258 g/mol. The molecule has 1 aromatic heterocycles. The van der Waals surface area contributed by atoms with Crippen molar-refractivity contribution in [3.63, 3.8) is 0 Å². The molecule has 112 valence electrons. The minimum atomic E-state index is -0.840. The Morgan fingerprint density at radius 3 is 2.75 bits per heavy atom. The molecule has 0 radical (unpaired) electrons. The Kier molecular flexibility index (Phi) is 5.73. The van der Waals surface area contributed by atoms with Crippen LogP contribution >= 0.6 is 0 Å². The van der Waals surface area contributed by atoms with Gasteiger partial charge in [-0.05, 0) is 18.8 Å². The summed E-state index contributed by atoms with van der Waals surface area (Å²) in [6, 6.07) is 1.45. The van der Waals surface area contributed by atoms with Crippen molar-refractivity contribution in [2.75, 3.05) is 11.9 Å². The quantitative estimate of drug-likeness (QED) is 0.799. The van der Waals surface area contributed by atoms with E-state index in [1.165, 1.54) is 0 Å². The van der Waals surface area contributed by atoms with Gasteiger partial charge in [-0.25, -0.2) is 4.98 Å². The molecule has 1 atom stereocenters. The van der Waals surface area contributed by atoms with Gasteiger partial charge in [-0.2, -0.15) is 4.98 Å². The van der Waals surface area contributed by atoms with E-state index < -0.39 is 5.97 Å². The fourth-order valence-corrected chi connectivity index (χ4v) is 1.95. The van der Waals surface area contributed by atoms with Gasteiger partial charge in [-0.15, -0.1) is 0 Å². The second-order valence-electron chi connectivity index (χ2n) is 5.86. The van der Waals surface area contributed by atoms with E-state index in [1.54, 1.807) is 12.3 Å². The lowest BCUT2D eigenvalue weighted by molar-refractivity contribution is -0.137. The number of anilines is 1. The summed E-state index contributed by atoms with van der Waals surface area (Å²) in [4.78, 5) is 19.3. The van der Waals surface area contributed by atoms with Crippen LogP contribution in [0.15, 0.2) is 12.3 Å². The summed E-state index contributed by atoms with van der Waals surface area (Å²) < 4.78 is 5.30. The number of ether oxygens (including phenoxy) is 1. The summed E-state index contributed by atoms with van der Waals surface area (Å²) in [6.45, 7) is 8.61. The smallest absolute Gasteiger partial charge is 0.305 e. The number of carboxylic acids is 1.